The number of benzene rings is 2. The van der Waals surface area contributed by atoms with E-state index < -0.39 is 0 Å². The topological polar surface area (TPSA) is 0 Å². The van der Waals surface area contributed by atoms with Gasteiger partial charge in [0.2, 0.25) is 0 Å². The summed E-state index contributed by atoms with van der Waals surface area (Å²) in [4.78, 5) is 0. The molecule has 2 aromatic carbocycles. The predicted molar refractivity (Wildman–Crippen MR) is 85.1 cm³/mol. The van der Waals surface area contributed by atoms with Crippen molar-refractivity contribution >= 4 is 23.5 Å². The van der Waals surface area contributed by atoms with E-state index in [-0.39, 0.29) is 0 Å². The molecule has 0 radical (unpaired) electrons. The average Bonchev–Trinajstić information content (AvgIpc) is 3.01. The number of rotatable bonds is 3. The van der Waals surface area contributed by atoms with Crippen LogP contribution in [-0.4, -0.2) is 0 Å². The molecule has 1 heteroatoms. The van der Waals surface area contributed by atoms with Crippen molar-refractivity contribution < 1.29 is 0 Å². The molecule has 1 aromatic heterocycles. The zero-order valence-electron chi connectivity index (χ0n) is 10.5. The number of hydrogen-bond donors (Lipinski definition) is 0. The molecule has 0 aliphatic rings. The molecule has 0 saturated heterocycles. The molecule has 0 amide bonds. The van der Waals surface area contributed by atoms with Gasteiger partial charge in [0, 0.05) is 0 Å². The summed E-state index contributed by atoms with van der Waals surface area (Å²) in [6.45, 7) is 0. The van der Waals surface area contributed by atoms with Gasteiger partial charge in [-0.3, -0.25) is 0 Å². The first-order valence-corrected chi connectivity index (χ1v) is 7.22. The van der Waals surface area contributed by atoms with E-state index in [2.05, 4.69) is 77.5 Å². The standard InChI is InChI=1S/C18H14S/c1-2-6-15(7-3-1)10-11-16-8-4-5-9-18(16)17-12-13-19-14-17/h1-14H/b11-10+. The van der Waals surface area contributed by atoms with Crippen molar-refractivity contribution in [2.24, 2.45) is 0 Å². The third-order valence-electron chi connectivity index (χ3n) is 3.05. The second-order valence-electron chi connectivity index (χ2n) is 4.34. The summed E-state index contributed by atoms with van der Waals surface area (Å²) in [5, 5.41) is 4.31. The molecule has 0 saturated carbocycles. The maximum Gasteiger partial charge on any atom is -0.00145 e. The van der Waals surface area contributed by atoms with Crippen molar-refractivity contribution in [1.29, 1.82) is 0 Å². The fourth-order valence-electron chi connectivity index (χ4n) is 2.07. The maximum absolute atomic E-state index is 2.19. The highest BCUT2D eigenvalue weighted by Gasteiger charge is 2.01. The molecule has 0 nitrogen and oxygen atoms in total. The first kappa shape index (κ1) is 11.9. The van der Waals surface area contributed by atoms with E-state index in [9.17, 15) is 0 Å². The van der Waals surface area contributed by atoms with E-state index in [1.54, 1.807) is 11.3 Å². The Balaban J connectivity index is 1.96. The Labute approximate surface area is 117 Å². The molecule has 3 rings (SSSR count). The minimum Gasteiger partial charge on any atom is -0.152 e. The maximum atomic E-state index is 2.19. The highest BCUT2D eigenvalue weighted by Crippen LogP contribution is 2.27. The predicted octanol–water partition coefficient (Wildman–Crippen LogP) is 5.59. The first-order chi connectivity index (χ1) is 9.43. The monoisotopic (exact) mass is 262 g/mol. The van der Waals surface area contributed by atoms with Gasteiger partial charge in [0.15, 0.2) is 0 Å². The van der Waals surface area contributed by atoms with Crippen molar-refractivity contribution in [3.05, 3.63) is 82.6 Å². The van der Waals surface area contributed by atoms with Gasteiger partial charge in [0.1, 0.15) is 0 Å². The molecule has 0 N–H and O–H groups in total. The summed E-state index contributed by atoms with van der Waals surface area (Å²) in [5.41, 5.74) is 5.06. The second kappa shape index (κ2) is 5.68. The van der Waals surface area contributed by atoms with Gasteiger partial charge in [0.05, 0.1) is 0 Å². The molecule has 92 valence electrons. The van der Waals surface area contributed by atoms with Crippen LogP contribution in [0.2, 0.25) is 0 Å². The molecule has 0 aliphatic carbocycles. The molecule has 19 heavy (non-hydrogen) atoms. The minimum absolute atomic E-state index is 1.22. The molecule has 0 fully saturated rings. The highest BCUT2D eigenvalue weighted by atomic mass is 32.1. The Morgan fingerprint density at radius 1 is 0.737 bits per heavy atom. The van der Waals surface area contributed by atoms with Crippen molar-refractivity contribution in [3.8, 4) is 11.1 Å². The van der Waals surface area contributed by atoms with E-state index in [4.69, 9.17) is 0 Å². The van der Waals surface area contributed by atoms with Crippen LogP contribution in [0, 0.1) is 0 Å². The zero-order chi connectivity index (χ0) is 12.9. The van der Waals surface area contributed by atoms with Gasteiger partial charge in [-0.05, 0) is 39.1 Å². The van der Waals surface area contributed by atoms with Crippen LogP contribution in [-0.2, 0) is 0 Å². The zero-order valence-corrected chi connectivity index (χ0v) is 11.3. The fraction of sp³-hybridized carbons (Fsp3) is 0. The van der Waals surface area contributed by atoms with E-state index in [0.717, 1.165) is 0 Å². The SMILES string of the molecule is C(=C\c1ccccc1-c1ccsc1)/c1ccccc1. The molecular formula is C18H14S. The van der Waals surface area contributed by atoms with Crippen LogP contribution in [0.15, 0.2) is 71.4 Å². The summed E-state index contributed by atoms with van der Waals surface area (Å²) in [6, 6.07) is 21.1. The molecule has 0 unspecified atom stereocenters. The molecule has 0 bridgehead atoms. The Kier molecular flexibility index (Phi) is 3.57. The van der Waals surface area contributed by atoms with Crippen molar-refractivity contribution in [3.63, 3.8) is 0 Å². The lowest BCUT2D eigenvalue weighted by Crippen LogP contribution is -1.80. The second-order valence-corrected chi connectivity index (χ2v) is 5.12. The van der Waals surface area contributed by atoms with E-state index >= 15 is 0 Å². The van der Waals surface area contributed by atoms with Crippen LogP contribution in [0.3, 0.4) is 0 Å². The molecule has 0 aliphatic heterocycles. The lowest BCUT2D eigenvalue weighted by Gasteiger charge is -2.03. The van der Waals surface area contributed by atoms with Crippen molar-refractivity contribution in [2.75, 3.05) is 0 Å². The Morgan fingerprint density at radius 2 is 1.53 bits per heavy atom. The fourth-order valence-corrected chi connectivity index (χ4v) is 2.73. The summed E-state index contributed by atoms with van der Waals surface area (Å²) < 4.78 is 0. The van der Waals surface area contributed by atoms with E-state index in [1.165, 1.54) is 22.3 Å². The van der Waals surface area contributed by atoms with Gasteiger partial charge in [-0.2, -0.15) is 11.3 Å². The van der Waals surface area contributed by atoms with E-state index in [0.29, 0.717) is 0 Å². The molecule has 0 spiro atoms. The van der Waals surface area contributed by atoms with Gasteiger partial charge in [-0.25, -0.2) is 0 Å². The number of thiophene rings is 1. The third-order valence-corrected chi connectivity index (χ3v) is 3.73. The lowest BCUT2D eigenvalue weighted by molar-refractivity contribution is 1.63. The smallest absolute Gasteiger partial charge is 0.00145 e. The van der Waals surface area contributed by atoms with Crippen LogP contribution in [0.5, 0.6) is 0 Å². The Hall–Kier alpha value is -2.12. The largest absolute Gasteiger partial charge is 0.152 e. The van der Waals surface area contributed by atoms with Gasteiger partial charge in [-0.15, -0.1) is 0 Å². The molecular weight excluding hydrogens is 248 g/mol. The van der Waals surface area contributed by atoms with Gasteiger partial charge in [-0.1, -0.05) is 66.7 Å². The van der Waals surface area contributed by atoms with Crippen LogP contribution < -0.4 is 0 Å². The number of hydrogen-bond acceptors (Lipinski definition) is 1. The average molecular weight is 262 g/mol. The Bertz CT molecular complexity index is 664. The van der Waals surface area contributed by atoms with Crippen molar-refractivity contribution in [1.82, 2.24) is 0 Å². The minimum atomic E-state index is 1.22. The van der Waals surface area contributed by atoms with Gasteiger partial charge >= 0.3 is 0 Å². The quantitative estimate of drug-likeness (QED) is 0.540. The van der Waals surface area contributed by atoms with Crippen LogP contribution in [0.1, 0.15) is 11.1 Å². The molecule has 3 aromatic rings. The van der Waals surface area contributed by atoms with Crippen LogP contribution in [0.4, 0.5) is 0 Å². The Morgan fingerprint density at radius 3 is 2.32 bits per heavy atom. The van der Waals surface area contributed by atoms with Crippen molar-refractivity contribution in [2.45, 2.75) is 0 Å². The van der Waals surface area contributed by atoms with Gasteiger partial charge in [0.25, 0.3) is 0 Å². The van der Waals surface area contributed by atoms with Gasteiger partial charge < -0.3 is 0 Å². The summed E-state index contributed by atoms with van der Waals surface area (Å²) in [5.74, 6) is 0. The first-order valence-electron chi connectivity index (χ1n) is 6.28. The molecule has 1 heterocycles. The lowest BCUT2D eigenvalue weighted by atomic mass is 10.0. The summed E-state index contributed by atoms with van der Waals surface area (Å²) >= 11 is 1.73. The highest BCUT2D eigenvalue weighted by molar-refractivity contribution is 7.08. The molecule has 0 atom stereocenters. The third kappa shape index (κ3) is 2.83. The van der Waals surface area contributed by atoms with Crippen LogP contribution in [0.25, 0.3) is 23.3 Å². The van der Waals surface area contributed by atoms with Crippen LogP contribution >= 0.6 is 11.3 Å². The summed E-state index contributed by atoms with van der Waals surface area (Å²) in [6.07, 6.45) is 4.34. The summed E-state index contributed by atoms with van der Waals surface area (Å²) in [7, 11) is 0. The normalized spacial score (nSPS) is 10.9. The van der Waals surface area contributed by atoms with E-state index in [1.807, 2.05) is 6.07 Å².